The molecule has 7 nitrogen and oxygen atoms in total. The Balaban J connectivity index is 1.24. The molecule has 178 valence electrons. The maximum Gasteiger partial charge on any atom is 0.230 e. The molecule has 1 N–H and O–H groups in total. The lowest BCUT2D eigenvalue weighted by atomic mass is 10.1. The molecule has 3 aromatic carbocycles. The van der Waals surface area contributed by atoms with Crippen molar-refractivity contribution in [3.8, 4) is 28.6 Å². The number of rotatable bonds is 8. The highest BCUT2D eigenvalue weighted by Gasteiger charge is 2.19. The van der Waals surface area contributed by atoms with Gasteiger partial charge < -0.3 is 14.8 Å². The quantitative estimate of drug-likeness (QED) is 0.371. The maximum atomic E-state index is 14.5. The molecule has 0 spiro atoms. The van der Waals surface area contributed by atoms with E-state index in [4.69, 9.17) is 9.47 Å². The minimum atomic E-state index is -0.384. The molecule has 1 amide bonds. The summed E-state index contributed by atoms with van der Waals surface area (Å²) in [6.07, 6.45) is 0.671. The van der Waals surface area contributed by atoms with Crippen LogP contribution in [0.5, 0.6) is 11.5 Å². The number of ether oxygens (including phenoxy) is 2. The summed E-state index contributed by atoms with van der Waals surface area (Å²) < 4.78 is 27.4. The first kappa shape index (κ1) is 22.9. The third kappa shape index (κ3) is 5.30. The summed E-state index contributed by atoms with van der Waals surface area (Å²) in [7, 11) is 0. The van der Waals surface area contributed by atoms with Gasteiger partial charge in [0.1, 0.15) is 19.0 Å². The summed E-state index contributed by atoms with van der Waals surface area (Å²) >= 11 is 1.25. The van der Waals surface area contributed by atoms with Gasteiger partial charge in [-0.2, -0.15) is 0 Å². The van der Waals surface area contributed by atoms with Crippen LogP contribution in [0.2, 0.25) is 0 Å². The van der Waals surface area contributed by atoms with Gasteiger partial charge in [0.15, 0.2) is 22.5 Å². The van der Waals surface area contributed by atoms with Crippen LogP contribution in [-0.2, 0) is 11.2 Å². The average Bonchev–Trinajstić information content (AvgIpc) is 3.32. The highest BCUT2D eigenvalue weighted by Crippen LogP contribution is 2.31. The van der Waals surface area contributed by atoms with Crippen molar-refractivity contribution in [2.75, 3.05) is 25.5 Å². The lowest BCUT2D eigenvalue weighted by Crippen LogP contribution is -2.27. The lowest BCUT2D eigenvalue weighted by Gasteiger charge is -2.18. The topological polar surface area (TPSA) is 78.3 Å². The Morgan fingerprint density at radius 3 is 2.57 bits per heavy atom. The number of fused-ring (bicyclic) bond motifs is 1. The van der Waals surface area contributed by atoms with Gasteiger partial charge in [-0.15, -0.1) is 10.2 Å². The van der Waals surface area contributed by atoms with Gasteiger partial charge in [-0.1, -0.05) is 48.2 Å². The number of para-hydroxylation sites is 1. The molecule has 0 saturated carbocycles. The van der Waals surface area contributed by atoms with Crippen molar-refractivity contribution in [3.63, 3.8) is 0 Å². The predicted octanol–water partition coefficient (Wildman–Crippen LogP) is 4.30. The average molecular weight is 491 g/mol. The number of hydrogen-bond acceptors (Lipinski definition) is 6. The van der Waals surface area contributed by atoms with Gasteiger partial charge in [0.2, 0.25) is 5.91 Å². The standard InChI is InChI=1S/C26H23FN4O3S/c27-21-9-5-4-8-20(21)25-29-30-26(31(25)19-6-2-1-3-7-19)35-17-24(32)28-13-12-18-10-11-22-23(16-18)34-15-14-33-22/h1-11,16H,12-15,17H2,(H,28,32). The summed E-state index contributed by atoms with van der Waals surface area (Å²) in [6.45, 7) is 1.58. The molecular weight excluding hydrogens is 467 g/mol. The number of benzene rings is 3. The predicted molar refractivity (Wildman–Crippen MR) is 132 cm³/mol. The van der Waals surface area contributed by atoms with E-state index in [-0.39, 0.29) is 17.5 Å². The minimum absolute atomic E-state index is 0.123. The Hall–Kier alpha value is -3.85. The van der Waals surface area contributed by atoms with E-state index < -0.39 is 0 Å². The molecule has 2 heterocycles. The number of nitrogens with zero attached hydrogens (tertiary/aromatic N) is 3. The smallest absolute Gasteiger partial charge is 0.230 e. The van der Waals surface area contributed by atoms with Crippen LogP contribution in [-0.4, -0.2) is 46.2 Å². The van der Waals surface area contributed by atoms with Crippen LogP contribution in [0.25, 0.3) is 17.1 Å². The molecule has 5 rings (SSSR count). The van der Waals surface area contributed by atoms with Crippen LogP contribution in [0.15, 0.2) is 78.0 Å². The van der Waals surface area contributed by atoms with Crippen molar-refractivity contribution >= 4 is 17.7 Å². The Morgan fingerprint density at radius 1 is 0.971 bits per heavy atom. The van der Waals surface area contributed by atoms with E-state index in [9.17, 15) is 9.18 Å². The summed E-state index contributed by atoms with van der Waals surface area (Å²) in [5.74, 6) is 1.52. The van der Waals surface area contributed by atoms with Gasteiger partial charge in [-0.05, 0) is 48.4 Å². The van der Waals surface area contributed by atoms with E-state index in [1.807, 2.05) is 48.5 Å². The molecule has 1 aliphatic rings. The number of carbonyl (C=O) groups is 1. The number of amides is 1. The van der Waals surface area contributed by atoms with Crippen LogP contribution in [0, 0.1) is 5.82 Å². The van der Waals surface area contributed by atoms with E-state index in [0.717, 1.165) is 22.7 Å². The summed E-state index contributed by atoms with van der Waals surface area (Å²) in [6, 6.07) is 21.7. The lowest BCUT2D eigenvalue weighted by molar-refractivity contribution is -0.118. The molecule has 35 heavy (non-hydrogen) atoms. The van der Waals surface area contributed by atoms with E-state index >= 15 is 0 Å². The van der Waals surface area contributed by atoms with Gasteiger partial charge in [0.25, 0.3) is 0 Å². The fourth-order valence-corrected chi connectivity index (χ4v) is 4.54. The van der Waals surface area contributed by atoms with Crippen LogP contribution in [0.4, 0.5) is 4.39 Å². The van der Waals surface area contributed by atoms with Crippen molar-refractivity contribution in [1.82, 2.24) is 20.1 Å². The van der Waals surface area contributed by atoms with E-state index in [0.29, 0.717) is 42.7 Å². The summed E-state index contributed by atoms with van der Waals surface area (Å²) in [4.78, 5) is 12.5. The molecule has 0 unspecified atom stereocenters. The summed E-state index contributed by atoms with van der Waals surface area (Å²) in [5, 5.41) is 11.9. The third-order valence-electron chi connectivity index (χ3n) is 5.44. The second-order valence-corrected chi connectivity index (χ2v) is 8.77. The number of carbonyl (C=O) groups excluding carboxylic acids is 1. The van der Waals surface area contributed by atoms with Gasteiger partial charge in [-0.25, -0.2) is 4.39 Å². The number of halogens is 1. The first-order valence-electron chi connectivity index (χ1n) is 11.2. The van der Waals surface area contributed by atoms with Crippen molar-refractivity contribution < 1.29 is 18.7 Å². The van der Waals surface area contributed by atoms with Gasteiger partial charge in [0, 0.05) is 12.2 Å². The van der Waals surface area contributed by atoms with Crippen LogP contribution >= 0.6 is 11.8 Å². The fourth-order valence-electron chi connectivity index (χ4n) is 3.76. The molecular formula is C26H23FN4O3S. The first-order chi connectivity index (χ1) is 17.2. The fraction of sp³-hybridized carbons (Fsp3) is 0.192. The molecule has 0 atom stereocenters. The molecule has 0 saturated heterocycles. The van der Waals surface area contributed by atoms with E-state index in [1.165, 1.54) is 17.8 Å². The van der Waals surface area contributed by atoms with Gasteiger partial charge in [-0.3, -0.25) is 9.36 Å². The molecule has 0 fully saturated rings. The van der Waals surface area contributed by atoms with Crippen LogP contribution in [0.1, 0.15) is 5.56 Å². The number of nitrogens with one attached hydrogen (secondary N) is 1. The van der Waals surface area contributed by atoms with Gasteiger partial charge >= 0.3 is 0 Å². The maximum absolute atomic E-state index is 14.5. The number of hydrogen-bond donors (Lipinski definition) is 1. The zero-order valence-electron chi connectivity index (χ0n) is 18.8. The zero-order chi connectivity index (χ0) is 24.0. The van der Waals surface area contributed by atoms with Crippen molar-refractivity contribution in [2.24, 2.45) is 0 Å². The Morgan fingerprint density at radius 2 is 1.74 bits per heavy atom. The van der Waals surface area contributed by atoms with Crippen molar-refractivity contribution in [3.05, 3.63) is 84.2 Å². The zero-order valence-corrected chi connectivity index (χ0v) is 19.6. The molecule has 1 aliphatic heterocycles. The second-order valence-electron chi connectivity index (χ2n) is 7.82. The van der Waals surface area contributed by atoms with Crippen molar-refractivity contribution in [2.45, 2.75) is 11.6 Å². The largest absolute Gasteiger partial charge is 0.486 e. The highest BCUT2D eigenvalue weighted by atomic mass is 32.2. The Labute approximate surface area is 206 Å². The Bertz CT molecular complexity index is 1330. The molecule has 0 radical (unpaired) electrons. The molecule has 4 aromatic rings. The van der Waals surface area contributed by atoms with E-state index in [1.54, 1.807) is 22.8 Å². The monoisotopic (exact) mass is 490 g/mol. The van der Waals surface area contributed by atoms with Crippen molar-refractivity contribution in [1.29, 1.82) is 0 Å². The normalized spacial score (nSPS) is 12.4. The summed E-state index contributed by atoms with van der Waals surface area (Å²) in [5.41, 5.74) is 2.19. The number of thioether (sulfide) groups is 1. The second kappa shape index (κ2) is 10.6. The SMILES string of the molecule is O=C(CSc1nnc(-c2ccccc2F)n1-c1ccccc1)NCCc1ccc2c(c1)OCCO2. The molecule has 0 aliphatic carbocycles. The Kier molecular flexibility index (Phi) is 6.94. The van der Waals surface area contributed by atoms with Crippen LogP contribution < -0.4 is 14.8 Å². The van der Waals surface area contributed by atoms with Gasteiger partial charge in [0.05, 0.1) is 11.3 Å². The minimum Gasteiger partial charge on any atom is -0.486 e. The first-order valence-corrected chi connectivity index (χ1v) is 12.2. The number of aromatic nitrogens is 3. The van der Waals surface area contributed by atoms with Crippen LogP contribution in [0.3, 0.4) is 0 Å². The molecule has 0 bridgehead atoms. The van der Waals surface area contributed by atoms with E-state index in [2.05, 4.69) is 15.5 Å². The third-order valence-corrected chi connectivity index (χ3v) is 6.37. The highest BCUT2D eigenvalue weighted by molar-refractivity contribution is 7.99. The molecule has 9 heteroatoms. The molecule has 1 aromatic heterocycles.